The molecule has 0 saturated carbocycles. The molecule has 60 valence electrons. The van der Waals surface area contributed by atoms with Crippen LogP contribution in [0.4, 0.5) is 0 Å². The Labute approximate surface area is 67.2 Å². The number of carbonyl (C=O) groups excluding carboxylic acids is 1. The molecule has 0 bridgehead atoms. The van der Waals surface area contributed by atoms with Crippen molar-refractivity contribution in [2.24, 2.45) is 0 Å². The largest absolute Gasteiger partial charge is 0.307 e. The van der Waals surface area contributed by atoms with Crippen LogP contribution in [0.1, 0.15) is 20.3 Å². The Morgan fingerprint density at radius 1 is 1.82 bits per heavy atom. The molecule has 0 radical (unpaired) electrons. The Morgan fingerprint density at radius 2 is 2.45 bits per heavy atom. The van der Waals surface area contributed by atoms with E-state index in [1.165, 1.54) is 0 Å². The lowest BCUT2D eigenvalue weighted by atomic mass is 10.00. The highest BCUT2D eigenvalue weighted by Gasteiger charge is 2.33. The number of carbonyl (C=O) groups is 1. The van der Waals surface area contributed by atoms with Gasteiger partial charge in [-0.25, -0.2) is 0 Å². The molecule has 1 heterocycles. The zero-order valence-corrected chi connectivity index (χ0v) is 7.00. The second-order valence-electron chi connectivity index (χ2n) is 2.93. The molecule has 2 heteroatoms. The fourth-order valence-corrected chi connectivity index (χ4v) is 1.25. The third-order valence-electron chi connectivity index (χ3n) is 2.27. The quantitative estimate of drug-likeness (QED) is 0.588. The van der Waals surface area contributed by atoms with Gasteiger partial charge in [-0.1, -0.05) is 19.6 Å². The highest BCUT2D eigenvalue weighted by atomic mass is 16.2. The van der Waals surface area contributed by atoms with E-state index >= 15 is 0 Å². The summed E-state index contributed by atoms with van der Waals surface area (Å²) < 4.78 is 0. The van der Waals surface area contributed by atoms with Gasteiger partial charge in [0.15, 0.2) is 0 Å². The second kappa shape index (κ2) is 2.53. The smallest absolute Gasteiger partial charge is 0.251 e. The minimum Gasteiger partial charge on any atom is -0.307 e. The van der Waals surface area contributed by atoms with E-state index in [1.807, 2.05) is 13.0 Å². The summed E-state index contributed by atoms with van der Waals surface area (Å²) in [4.78, 5) is 12.8. The van der Waals surface area contributed by atoms with Gasteiger partial charge in [0.1, 0.15) is 0 Å². The molecular formula is C9H13NO. The number of amides is 1. The van der Waals surface area contributed by atoms with E-state index in [-0.39, 0.29) is 11.4 Å². The van der Waals surface area contributed by atoms with Crippen LogP contribution in [-0.2, 0) is 4.79 Å². The summed E-state index contributed by atoms with van der Waals surface area (Å²) in [6.45, 7) is 7.68. The van der Waals surface area contributed by atoms with Gasteiger partial charge < -0.3 is 4.90 Å². The molecule has 0 spiro atoms. The molecule has 0 N–H and O–H groups in total. The SMILES string of the molecule is C=CN1C(=O)C=CC1(C)CC. The van der Waals surface area contributed by atoms with Crippen molar-refractivity contribution in [1.82, 2.24) is 4.90 Å². The molecule has 2 nitrogen and oxygen atoms in total. The van der Waals surface area contributed by atoms with Crippen molar-refractivity contribution >= 4 is 5.91 Å². The third kappa shape index (κ3) is 1.09. The lowest BCUT2D eigenvalue weighted by molar-refractivity contribution is -0.125. The first-order chi connectivity index (χ1) is 5.14. The lowest BCUT2D eigenvalue weighted by Crippen LogP contribution is -2.39. The first-order valence-electron chi connectivity index (χ1n) is 3.79. The molecule has 0 aromatic heterocycles. The minimum atomic E-state index is -0.140. The summed E-state index contributed by atoms with van der Waals surface area (Å²) in [5, 5.41) is 0. The van der Waals surface area contributed by atoms with Gasteiger partial charge >= 0.3 is 0 Å². The van der Waals surface area contributed by atoms with Crippen LogP contribution in [0, 0.1) is 0 Å². The summed E-state index contributed by atoms with van der Waals surface area (Å²) >= 11 is 0. The Hall–Kier alpha value is -1.05. The Bertz CT molecular complexity index is 220. The fourth-order valence-electron chi connectivity index (χ4n) is 1.25. The van der Waals surface area contributed by atoms with E-state index in [4.69, 9.17) is 0 Å². The molecule has 0 aromatic carbocycles. The first kappa shape index (κ1) is 8.05. The van der Waals surface area contributed by atoms with Crippen LogP contribution in [0.2, 0.25) is 0 Å². The molecule has 1 aliphatic heterocycles. The van der Waals surface area contributed by atoms with E-state index in [1.54, 1.807) is 17.2 Å². The predicted octanol–water partition coefficient (Wildman–Crippen LogP) is 1.70. The van der Waals surface area contributed by atoms with E-state index in [9.17, 15) is 4.79 Å². The van der Waals surface area contributed by atoms with Crippen LogP contribution in [0.3, 0.4) is 0 Å². The van der Waals surface area contributed by atoms with Crippen LogP contribution in [0.15, 0.2) is 24.9 Å². The van der Waals surface area contributed by atoms with Gasteiger partial charge in [0.2, 0.25) is 0 Å². The number of hydrogen-bond acceptors (Lipinski definition) is 1. The molecule has 0 saturated heterocycles. The maximum absolute atomic E-state index is 11.1. The highest BCUT2D eigenvalue weighted by Crippen LogP contribution is 2.26. The maximum atomic E-state index is 11.1. The second-order valence-corrected chi connectivity index (χ2v) is 2.93. The molecule has 1 atom stereocenters. The number of rotatable bonds is 2. The molecular weight excluding hydrogens is 138 g/mol. The van der Waals surface area contributed by atoms with E-state index < -0.39 is 0 Å². The van der Waals surface area contributed by atoms with Crippen molar-refractivity contribution in [3.8, 4) is 0 Å². The topological polar surface area (TPSA) is 20.3 Å². The van der Waals surface area contributed by atoms with Crippen LogP contribution in [0.5, 0.6) is 0 Å². The van der Waals surface area contributed by atoms with Crippen molar-refractivity contribution in [2.45, 2.75) is 25.8 Å². The average Bonchev–Trinajstić information content (AvgIpc) is 2.29. The van der Waals surface area contributed by atoms with E-state index in [0.717, 1.165) is 6.42 Å². The zero-order chi connectivity index (χ0) is 8.48. The summed E-state index contributed by atoms with van der Waals surface area (Å²) in [6.07, 6.45) is 6.04. The molecule has 0 aliphatic carbocycles. The van der Waals surface area contributed by atoms with Gasteiger partial charge in [-0.15, -0.1) is 0 Å². The summed E-state index contributed by atoms with van der Waals surface area (Å²) in [5.74, 6) is 0.0318. The molecule has 11 heavy (non-hydrogen) atoms. The Kier molecular flexibility index (Phi) is 1.85. The average molecular weight is 151 g/mol. The summed E-state index contributed by atoms with van der Waals surface area (Å²) in [6, 6.07) is 0. The van der Waals surface area contributed by atoms with Gasteiger partial charge in [0.05, 0.1) is 5.54 Å². The maximum Gasteiger partial charge on any atom is 0.251 e. The predicted molar refractivity (Wildman–Crippen MR) is 44.9 cm³/mol. The third-order valence-corrected chi connectivity index (χ3v) is 2.27. The van der Waals surface area contributed by atoms with Gasteiger partial charge in [0.25, 0.3) is 5.91 Å². The Balaban J connectivity index is 2.92. The monoisotopic (exact) mass is 151 g/mol. The van der Waals surface area contributed by atoms with Crippen molar-refractivity contribution < 1.29 is 4.79 Å². The summed E-state index contributed by atoms with van der Waals surface area (Å²) in [7, 11) is 0. The van der Waals surface area contributed by atoms with Crippen molar-refractivity contribution in [1.29, 1.82) is 0 Å². The molecule has 0 aromatic rings. The number of nitrogens with zero attached hydrogens (tertiary/aromatic N) is 1. The zero-order valence-electron chi connectivity index (χ0n) is 7.00. The standard InChI is InChI=1S/C9H13NO/c1-4-9(3)7-6-8(11)10(9)5-2/h5-7H,2,4H2,1,3H3. The van der Waals surface area contributed by atoms with Crippen LogP contribution in [0.25, 0.3) is 0 Å². The van der Waals surface area contributed by atoms with Gasteiger partial charge in [-0.05, 0) is 13.3 Å². The van der Waals surface area contributed by atoms with Crippen LogP contribution < -0.4 is 0 Å². The van der Waals surface area contributed by atoms with E-state index in [2.05, 4.69) is 13.5 Å². The molecule has 1 rings (SSSR count). The molecule has 1 amide bonds. The van der Waals surface area contributed by atoms with Gasteiger partial charge in [0, 0.05) is 12.3 Å². The first-order valence-corrected chi connectivity index (χ1v) is 3.79. The van der Waals surface area contributed by atoms with Gasteiger partial charge in [-0.3, -0.25) is 4.79 Å². The number of hydrogen-bond donors (Lipinski definition) is 0. The van der Waals surface area contributed by atoms with Gasteiger partial charge in [-0.2, -0.15) is 0 Å². The minimum absolute atomic E-state index is 0.0318. The van der Waals surface area contributed by atoms with Crippen molar-refractivity contribution in [3.05, 3.63) is 24.9 Å². The lowest BCUT2D eigenvalue weighted by Gasteiger charge is -2.30. The molecule has 0 fully saturated rings. The van der Waals surface area contributed by atoms with Crippen molar-refractivity contribution in [2.75, 3.05) is 0 Å². The highest BCUT2D eigenvalue weighted by molar-refractivity contribution is 5.92. The summed E-state index contributed by atoms with van der Waals surface area (Å²) in [5.41, 5.74) is -0.140. The van der Waals surface area contributed by atoms with Crippen molar-refractivity contribution in [3.63, 3.8) is 0 Å². The Morgan fingerprint density at radius 3 is 2.82 bits per heavy atom. The van der Waals surface area contributed by atoms with E-state index in [0.29, 0.717) is 0 Å². The fraction of sp³-hybridized carbons (Fsp3) is 0.444. The molecule has 1 aliphatic rings. The molecule has 1 unspecified atom stereocenters. The van der Waals surface area contributed by atoms with Crippen LogP contribution in [-0.4, -0.2) is 16.3 Å². The normalized spacial score (nSPS) is 29.6. The van der Waals surface area contributed by atoms with Crippen LogP contribution >= 0.6 is 0 Å².